The van der Waals surface area contributed by atoms with E-state index in [1.807, 2.05) is 30.3 Å². The Morgan fingerprint density at radius 3 is 2.61 bits per heavy atom. The predicted octanol–water partition coefficient (Wildman–Crippen LogP) is 3.31. The molecular formula is C22H23ClN2O3. The van der Waals surface area contributed by atoms with Crippen molar-refractivity contribution in [3.8, 4) is 0 Å². The number of carbonyl (C=O) groups is 2. The van der Waals surface area contributed by atoms with E-state index >= 15 is 0 Å². The van der Waals surface area contributed by atoms with Gasteiger partial charge in [0.15, 0.2) is 0 Å². The first kappa shape index (κ1) is 19.0. The number of hydrogen-bond acceptors (Lipinski definition) is 3. The first-order chi connectivity index (χ1) is 13.6. The Morgan fingerprint density at radius 2 is 1.93 bits per heavy atom. The number of nitrogens with zero attached hydrogens (tertiary/aromatic N) is 2. The zero-order chi connectivity index (χ0) is 19.7. The fraction of sp³-hybridized carbons (Fsp3) is 0.364. The fourth-order valence-corrected chi connectivity index (χ4v) is 4.49. The molecule has 0 aliphatic carbocycles. The van der Waals surface area contributed by atoms with Crippen molar-refractivity contribution in [1.29, 1.82) is 0 Å². The van der Waals surface area contributed by atoms with E-state index in [-0.39, 0.29) is 30.3 Å². The summed E-state index contributed by atoms with van der Waals surface area (Å²) in [5, 5.41) is 10.3. The highest BCUT2D eigenvalue weighted by molar-refractivity contribution is 6.31. The van der Waals surface area contributed by atoms with Crippen molar-refractivity contribution in [3.05, 3.63) is 64.7 Å². The van der Waals surface area contributed by atoms with Crippen molar-refractivity contribution in [2.24, 2.45) is 5.92 Å². The number of likely N-dealkylation sites (tertiary alicyclic amines) is 1. The molecule has 0 unspecified atom stereocenters. The molecule has 2 saturated heterocycles. The first-order valence-corrected chi connectivity index (χ1v) is 10.0. The molecule has 6 heteroatoms. The maximum atomic E-state index is 13.2. The number of benzene rings is 2. The van der Waals surface area contributed by atoms with E-state index < -0.39 is 0 Å². The van der Waals surface area contributed by atoms with Gasteiger partial charge in [0.25, 0.3) is 5.91 Å². The molecule has 0 radical (unpaired) electrons. The number of amides is 2. The van der Waals surface area contributed by atoms with Crippen molar-refractivity contribution in [2.45, 2.75) is 18.8 Å². The van der Waals surface area contributed by atoms with Gasteiger partial charge in [-0.05, 0) is 30.2 Å². The summed E-state index contributed by atoms with van der Waals surface area (Å²) in [4.78, 5) is 28.7. The summed E-state index contributed by atoms with van der Waals surface area (Å²) in [6.45, 7) is 1.74. The van der Waals surface area contributed by atoms with Gasteiger partial charge in [-0.2, -0.15) is 0 Å². The second-order valence-electron chi connectivity index (χ2n) is 7.52. The standard InChI is InChI=1S/C22H23ClN2O3/c23-18-9-16(10-19(11-18)25-8-4-7-21(25)27)22(28)24-12-17(14-26)20(13-24)15-5-2-1-3-6-15/h1-3,5-6,9-11,17,20,26H,4,7-8,12-14H2/t17-,20-/m0/s1. The summed E-state index contributed by atoms with van der Waals surface area (Å²) in [7, 11) is 0. The quantitative estimate of drug-likeness (QED) is 0.859. The second-order valence-corrected chi connectivity index (χ2v) is 7.95. The van der Waals surface area contributed by atoms with Crippen LogP contribution in [0.25, 0.3) is 0 Å². The molecule has 2 aliphatic heterocycles. The Labute approximate surface area is 169 Å². The van der Waals surface area contributed by atoms with Crippen LogP contribution < -0.4 is 4.90 Å². The molecule has 2 aromatic carbocycles. The van der Waals surface area contributed by atoms with Crippen LogP contribution in [0.2, 0.25) is 5.02 Å². The van der Waals surface area contributed by atoms with E-state index in [1.165, 1.54) is 0 Å². The van der Waals surface area contributed by atoms with E-state index in [4.69, 9.17) is 11.6 Å². The maximum absolute atomic E-state index is 13.2. The summed E-state index contributed by atoms with van der Waals surface area (Å²) < 4.78 is 0. The van der Waals surface area contributed by atoms with Gasteiger partial charge in [0.2, 0.25) is 5.91 Å². The molecule has 4 rings (SSSR count). The van der Waals surface area contributed by atoms with Gasteiger partial charge in [0, 0.05) is 60.8 Å². The average molecular weight is 399 g/mol. The van der Waals surface area contributed by atoms with E-state index in [0.29, 0.717) is 42.3 Å². The van der Waals surface area contributed by atoms with Crippen LogP contribution in [0.3, 0.4) is 0 Å². The Kier molecular flexibility index (Phi) is 5.38. The van der Waals surface area contributed by atoms with Crippen LogP contribution in [0.4, 0.5) is 5.69 Å². The lowest BCUT2D eigenvalue weighted by Gasteiger charge is -2.20. The van der Waals surface area contributed by atoms with Crippen LogP contribution in [0.1, 0.15) is 34.7 Å². The van der Waals surface area contributed by atoms with Crippen molar-refractivity contribution >= 4 is 29.1 Å². The van der Waals surface area contributed by atoms with Gasteiger partial charge in [0.1, 0.15) is 0 Å². The highest BCUT2D eigenvalue weighted by atomic mass is 35.5. The predicted molar refractivity (Wildman–Crippen MR) is 109 cm³/mol. The molecule has 1 N–H and O–H groups in total. The molecule has 5 nitrogen and oxygen atoms in total. The largest absolute Gasteiger partial charge is 0.396 e. The molecule has 0 saturated carbocycles. The van der Waals surface area contributed by atoms with E-state index in [0.717, 1.165) is 12.0 Å². The summed E-state index contributed by atoms with van der Waals surface area (Å²) in [6, 6.07) is 15.1. The zero-order valence-corrected chi connectivity index (χ0v) is 16.3. The lowest BCUT2D eigenvalue weighted by Crippen LogP contribution is -2.30. The molecule has 2 fully saturated rings. The number of anilines is 1. The molecule has 2 heterocycles. The highest BCUT2D eigenvalue weighted by Crippen LogP contribution is 2.34. The normalized spacial score (nSPS) is 22.1. The minimum absolute atomic E-state index is 0.00478. The lowest BCUT2D eigenvalue weighted by atomic mass is 9.90. The first-order valence-electron chi connectivity index (χ1n) is 9.63. The molecule has 0 bridgehead atoms. The van der Waals surface area contributed by atoms with Gasteiger partial charge < -0.3 is 14.9 Å². The van der Waals surface area contributed by atoms with Gasteiger partial charge in [-0.3, -0.25) is 9.59 Å². The van der Waals surface area contributed by atoms with Gasteiger partial charge in [-0.25, -0.2) is 0 Å². The fourth-order valence-electron chi connectivity index (χ4n) is 4.26. The number of aliphatic hydroxyl groups is 1. The van der Waals surface area contributed by atoms with Gasteiger partial charge >= 0.3 is 0 Å². The minimum atomic E-state index is -0.118. The molecule has 2 aromatic rings. The Bertz CT molecular complexity index is 887. The molecule has 2 amide bonds. The molecule has 0 spiro atoms. The maximum Gasteiger partial charge on any atom is 0.254 e. The number of aliphatic hydroxyl groups excluding tert-OH is 1. The van der Waals surface area contributed by atoms with Crippen LogP contribution >= 0.6 is 11.6 Å². The van der Waals surface area contributed by atoms with Crippen molar-refractivity contribution in [1.82, 2.24) is 4.90 Å². The van der Waals surface area contributed by atoms with Gasteiger partial charge in [-0.15, -0.1) is 0 Å². The third kappa shape index (κ3) is 3.64. The van der Waals surface area contributed by atoms with Crippen LogP contribution in [0, 0.1) is 5.92 Å². The Morgan fingerprint density at radius 1 is 1.14 bits per heavy atom. The van der Waals surface area contributed by atoms with Crippen LogP contribution in [-0.2, 0) is 4.79 Å². The van der Waals surface area contributed by atoms with E-state index in [9.17, 15) is 14.7 Å². The number of halogens is 1. The summed E-state index contributed by atoms with van der Waals surface area (Å²) in [5.41, 5.74) is 2.29. The zero-order valence-electron chi connectivity index (χ0n) is 15.6. The number of hydrogen-bond donors (Lipinski definition) is 1. The molecule has 146 valence electrons. The monoisotopic (exact) mass is 398 g/mol. The van der Waals surface area contributed by atoms with Crippen LogP contribution in [0.15, 0.2) is 48.5 Å². The van der Waals surface area contributed by atoms with Crippen molar-refractivity contribution in [3.63, 3.8) is 0 Å². The van der Waals surface area contributed by atoms with Gasteiger partial charge in [-0.1, -0.05) is 41.9 Å². The van der Waals surface area contributed by atoms with Crippen molar-refractivity contribution in [2.75, 3.05) is 31.1 Å². The summed E-state index contributed by atoms with van der Waals surface area (Å²) in [5.74, 6) is 0.0535. The molecule has 28 heavy (non-hydrogen) atoms. The van der Waals surface area contributed by atoms with Crippen molar-refractivity contribution < 1.29 is 14.7 Å². The Balaban J connectivity index is 1.58. The minimum Gasteiger partial charge on any atom is -0.396 e. The molecule has 2 aliphatic rings. The third-order valence-electron chi connectivity index (χ3n) is 5.71. The smallest absolute Gasteiger partial charge is 0.254 e. The van der Waals surface area contributed by atoms with Gasteiger partial charge in [0.05, 0.1) is 0 Å². The van der Waals surface area contributed by atoms with E-state index in [1.54, 1.807) is 28.0 Å². The topological polar surface area (TPSA) is 60.9 Å². The summed E-state index contributed by atoms with van der Waals surface area (Å²) >= 11 is 6.26. The molecule has 2 atom stereocenters. The molecular weight excluding hydrogens is 376 g/mol. The van der Waals surface area contributed by atoms with Crippen LogP contribution in [-0.4, -0.2) is 48.1 Å². The highest BCUT2D eigenvalue weighted by Gasteiger charge is 2.36. The van der Waals surface area contributed by atoms with Crippen LogP contribution in [0.5, 0.6) is 0 Å². The van der Waals surface area contributed by atoms with E-state index in [2.05, 4.69) is 0 Å². The molecule has 0 aromatic heterocycles. The third-order valence-corrected chi connectivity index (χ3v) is 5.92. The SMILES string of the molecule is O=C(c1cc(Cl)cc(N2CCCC2=O)c1)N1C[C@@H](CO)[C@H](c2ccccc2)C1. The average Bonchev–Trinajstić information content (AvgIpc) is 3.33. The second kappa shape index (κ2) is 7.94. The number of carbonyl (C=O) groups excluding carboxylic acids is 2. The summed E-state index contributed by atoms with van der Waals surface area (Å²) in [6.07, 6.45) is 1.34. The Hall–Kier alpha value is -2.37. The number of rotatable bonds is 4. The lowest BCUT2D eigenvalue weighted by molar-refractivity contribution is -0.117.